The first-order chi connectivity index (χ1) is 17.7. The fourth-order valence-electron chi connectivity index (χ4n) is 4.22. The fourth-order valence-corrected chi connectivity index (χ4v) is 4.78. The third kappa shape index (κ3) is 6.34. The Morgan fingerprint density at radius 1 is 1.22 bits per heavy atom. The number of carbonyl (C=O) groups excluding carboxylic acids is 1. The number of anilines is 1. The van der Waals surface area contributed by atoms with Gasteiger partial charge < -0.3 is 20.7 Å². The summed E-state index contributed by atoms with van der Waals surface area (Å²) < 4.78 is 21.2. The molecule has 3 N–H and O–H groups in total. The van der Waals surface area contributed by atoms with Crippen LogP contribution in [0.4, 0.5) is 10.2 Å². The minimum atomic E-state index is -0.882. The molecule has 198 valence electrons. The first kappa shape index (κ1) is 27.2. The maximum absolute atomic E-state index is 13.8. The highest BCUT2D eigenvalue weighted by Crippen LogP contribution is 2.30. The van der Waals surface area contributed by atoms with Crippen LogP contribution < -0.4 is 15.8 Å². The number of halogens is 3. The van der Waals surface area contributed by atoms with E-state index < -0.39 is 11.4 Å². The average molecular weight is 549 g/mol. The van der Waals surface area contributed by atoms with Gasteiger partial charge in [0.1, 0.15) is 11.4 Å². The lowest BCUT2D eigenvalue weighted by molar-refractivity contribution is -0.128. The Morgan fingerprint density at radius 3 is 2.73 bits per heavy atom. The van der Waals surface area contributed by atoms with E-state index in [0.717, 1.165) is 30.8 Å². The third-order valence-corrected chi connectivity index (χ3v) is 7.35. The first-order valence-corrected chi connectivity index (χ1v) is 13.0. The molecule has 1 aliphatic heterocycles. The monoisotopic (exact) mass is 548 g/mol. The molecule has 0 atom stereocenters. The van der Waals surface area contributed by atoms with Crippen LogP contribution in [-0.4, -0.2) is 58.4 Å². The van der Waals surface area contributed by atoms with E-state index in [2.05, 4.69) is 20.3 Å². The van der Waals surface area contributed by atoms with Crippen molar-refractivity contribution in [3.63, 3.8) is 0 Å². The van der Waals surface area contributed by atoms with E-state index in [0.29, 0.717) is 22.9 Å². The molecule has 11 heteroatoms. The number of nitrogens with zero attached hydrogens (tertiary/aromatic N) is 4. The highest BCUT2D eigenvalue weighted by Gasteiger charge is 2.30. The van der Waals surface area contributed by atoms with Crippen molar-refractivity contribution in [2.24, 2.45) is 0 Å². The standard InChI is InChI=1S/C26H31Cl2FN6O2/c1-26(2,25(36)31-8-11-34-9-3-4-10-34)35-16-18(15-33-35)17-13-22(24(30)32-14-17)37-12-7-19-20(27)5-6-21(29)23(19)28/h5-6,13-16H,3-4,7-12H2,1-2H3,(H2,30,32)(H,31,36). The molecule has 0 bridgehead atoms. The van der Waals surface area contributed by atoms with E-state index in [-0.39, 0.29) is 29.8 Å². The summed E-state index contributed by atoms with van der Waals surface area (Å²) >= 11 is 12.2. The number of aromatic nitrogens is 3. The Labute approximate surface area is 225 Å². The zero-order valence-corrected chi connectivity index (χ0v) is 22.4. The SMILES string of the molecule is CC(C)(C(=O)NCCN1CCCC1)n1cc(-c2cnc(N)c(OCCc3c(Cl)ccc(F)c3Cl)c2)cn1. The number of nitrogens with one attached hydrogen (secondary N) is 1. The van der Waals surface area contributed by atoms with Crippen LogP contribution in [0.3, 0.4) is 0 Å². The van der Waals surface area contributed by atoms with Gasteiger partial charge in [-0.3, -0.25) is 9.48 Å². The number of pyridine rings is 1. The molecule has 1 aromatic carbocycles. The zero-order valence-electron chi connectivity index (χ0n) is 20.9. The van der Waals surface area contributed by atoms with E-state index in [1.165, 1.54) is 25.0 Å². The normalized spacial score (nSPS) is 14.2. The lowest BCUT2D eigenvalue weighted by atomic mass is 10.0. The van der Waals surface area contributed by atoms with E-state index in [9.17, 15) is 9.18 Å². The van der Waals surface area contributed by atoms with Gasteiger partial charge in [-0.1, -0.05) is 23.2 Å². The zero-order chi connectivity index (χ0) is 26.6. The van der Waals surface area contributed by atoms with Crippen LogP contribution in [0.25, 0.3) is 11.1 Å². The molecule has 0 saturated carbocycles. The molecule has 0 unspecified atom stereocenters. The van der Waals surface area contributed by atoms with Gasteiger partial charge in [-0.05, 0) is 63.5 Å². The van der Waals surface area contributed by atoms with E-state index >= 15 is 0 Å². The van der Waals surface area contributed by atoms with Crippen LogP contribution in [0, 0.1) is 5.82 Å². The van der Waals surface area contributed by atoms with Crippen LogP contribution in [0.5, 0.6) is 5.75 Å². The number of hydrogen-bond acceptors (Lipinski definition) is 6. The summed E-state index contributed by atoms with van der Waals surface area (Å²) in [5.74, 6) is -0.0574. The van der Waals surface area contributed by atoms with Crippen molar-refractivity contribution in [3.8, 4) is 16.9 Å². The molecule has 1 fully saturated rings. The highest BCUT2D eigenvalue weighted by atomic mass is 35.5. The van der Waals surface area contributed by atoms with Gasteiger partial charge in [-0.25, -0.2) is 9.37 Å². The second kappa shape index (κ2) is 11.7. The number of carbonyl (C=O) groups is 1. The maximum Gasteiger partial charge on any atom is 0.247 e. The average Bonchev–Trinajstić information content (AvgIpc) is 3.58. The maximum atomic E-state index is 13.8. The number of ether oxygens (including phenoxy) is 1. The molecule has 37 heavy (non-hydrogen) atoms. The molecule has 0 spiro atoms. The van der Waals surface area contributed by atoms with E-state index in [4.69, 9.17) is 33.7 Å². The van der Waals surface area contributed by atoms with Crippen molar-refractivity contribution in [3.05, 3.63) is 58.2 Å². The fraction of sp³-hybridized carbons (Fsp3) is 0.423. The van der Waals surface area contributed by atoms with Crippen LogP contribution in [-0.2, 0) is 16.8 Å². The third-order valence-electron chi connectivity index (χ3n) is 6.59. The topological polar surface area (TPSA) is 98.3 Å². The summed E-state index contributed by atoms with van der Waals surface area (Å²) in [5, 5.41) is 7.81. The van der Waals surface area contributed by atoms with Crippen molar-refractivity contribution < 1.29 is 13.9 Å². The summed E-state index contributed by atoms with van der Waals surface area (Å²) in [4.78, 5) is 19.5. The minimum Gasteiger partial charge on any atom is -0.489 e. The molecule has 1 saturated heterocycles. The minimum absolute atomic E-state index is 0.0222. The quantitative estimate of drug-likeness (QED) is 0.361. The van der Waals surface area contributed by atoms with Gasteiger partial charge in [0.05, 0.1) is 17.8 Å². The first-order valence-electron chi connectivity index (χ1n) is 12.2. The van der Waals surface area contributed by atoms with Crippen molar-refractivity contribution in [1.29, 1.82) is 0 Å². The number of likely N-dealkylation sites (tertiary alicyclic amines) is 1. The molecule has 0 radical (unpaired) electrons. The number of benzene rings is 1. The lowest BCUT2D eigenvalue weighted by Crippen LogP contribution is -2.46. The van der Waals surface area contributed by atoms with Crippen molar-refractivity contribution >= 4 is 34.9 Å². The van der Waals surface area contributed by atoms with Gasteiger partial charge in [0.2, 0.25) is 5.91 Å². The molecule has 3 heterocycles. The summed E-state index contributed by atoms with van der Waals surface area (Å²) in [6.45, 7) is 7.46. The molecule has 4 rings (SSSR count). The second-order valence-corrected chi connectivity index (χ2v) is 10.3. The molecular weight excluding hydrogens is 518 g/mol. The summed E-state index contributed by atoms with van der Waals surface area (Å²) in [5.41, 5.74) is 7.08. The summed E-state index contributed by atoms with van der Waals surface area (Å²) in [6.07, 6.45) is 7.81. The van der Waals surface area contributed by atoms with Crippen molar-refractivity contribution in [1.82, 2.24) is 25.0 Å². The Kier molecular flexibility index (Phi) is 8.56. The summed E-state index contributed by atoms with van der Waals surface area (Å²) in [7, 11) is 0. The number of nitrogens with two attached hydrogens (primary N) is 1. The molecule has 2 aromatic heterocycles. The van der Waals surface area contributed by atoms with Gasteiger partial charge in [-0.2, -0.15) is 5.10 Å². The molecule has 0 aliphatic carbocycles. The van der Waals surface area contributed by atoms with Gasteiger partial charge in [0.25, 0.3) is 0 Å². The Balaban J connectivity index is 1.40. The largest absolute Gasteiger partial charge is 0.489 e. The van der Waals surface area contributed by atoms with E-state index in [1.54, 1.807) is 29.3 Å². The van der Waals surface area contributed by atoms with E-state index in [1.807, 2.05) is 13.8 Å². The van der Waals surface area contributed by atoms with Gasteiger partial charge in [-0.15, -0.1) is 0 Å². The highest BCUT2D eigenvalue weighted by molar-refractivity contribution is 6.36. The number of amides is 1. The number of nitrogen functional groups attached to an aromatic ring is 1. The van der Waals surface area contributed by atoms with Crippen LogP contribution in [0.1, 0.15) is 32.3 Å². The van der Waals surface area contributed by atoms with Crippen LogP contribution >= 0.6 is 23.2 Å². The second-order valence-electron chi connectivity index (χ2n) is 9.56. The van der Waals surface area contributed by atoms with Crippen molar-refractivity contribution in [2.45, 2.75) is 38.6 Å². The molecule has 3 aromatic rings. The van der Waals surface area contributed by atoms with Gasteiger partial charge in [0, 0.05) is 48.1 Å². The predicted octanol–water partition coefficient (Wildman–Crippen LogP) is 4.54. The number of rotatable bonds is 10. The van der Waals surface area contributed by atoms with Crippen molar-refractivity contribution in [2.75, 3.05) is 38.5 Å². The van der Waals surface area contributed by atoms with Gasteiger partial charge >= 0.3 is 0 Å². The predicted molar refractivity (Wildman–Crippen MR) is 143 cm³/mol. The molecular formula is C26H31Cl2FN6O2. The lowest BCUT2D eigenvalue weighted by Gasteiger charge is -2.25. The number of hydrogen-bond donors (Lipinski definition) is 2. The summed E-state index contributed by atoms with van der Waals surface area (Å²) in [6, 6.07) is 4.43. The van der Waals surface area contributed by atoms with Crippen LogP contribution in [0.2, 0.25) is 10.0 Å². The molecule has 1 amide bonds. The van der Waals surface area contributed by atoms with Gasteiger partial charge in [0.15, 0.2) is 11.6 Å². The Bertz CT molecular complexity index is 1260. The Morgan fingerprint density at radius 2 is 1.97 bits per heavy atom. The van der Waals surface area contributed by atoms with Crippen LogP contribution in [0.15, 0.2) is 36.8 Å². The smallest absolute Gasteiger partial charge is 0.247 e. The Hall–Kier alpha value is -2.88. The molecule has 8 nitrogen and oxygen atoms in total. The molecule has 1 aliphatic rings.